The number of thiophene rings is 1. The van der Waals surface area contributed by atoms with Crippen LogP contribution in [-0.2, 0) is 18.4 Å². The number of carbonyl (C=O) groups is 1. The first kappa shape index (κ1) is 23.0. The topological polar surface area (TPSA) is 125 Å². The number of hydrogen-bond acceptors (Lipinski definition) is 9. The number of hydrogen-bond donors (Lipinski definition) is 0. The third-order valence-electron chi connectivity index (χ3n) is 6.35. The van der Waals surface area contributed by atoms with Crippen molar-refractivity contribution in [3.8, 4) is 0 Å². The number of benzene rings is 1. The molecule has 0 spiro atoms. The Labute approximate surface area is 203 Å². The number of fused-ring (bicyclic) bond motifs is 3. The number of aromatic nitrogens is 4. The molecule has 1 aromatic carbocycles. The van der Waals surface area contributed by atoms with E-state index in [1.165, 1.54) is 22.0 Å². The predicted octanol–water partition coefficient (Wildman–Crippen LogP) is 3.39. The number of piperidine rings is 1. The molecule has 0 amide bonds. The monoisotopic (exact) mass is 496 g/mol. The van der Waals surface area contributed by atoms with E-state index in [-0.39, 0.29) is 23.4 Å². The summed E-state index contributed by atoms with van der Waals surface area (Å²) in [7, 11) is 1.60. The second-order valence-electron chi connectivity index (χ2n) is 9.14. The largest absolute Gasteiger partial charge is 0.454 e. The minimum Gasteiger partial charge on any atom is -0.454 e. The Morgan fingerprint density at radius 3 is 2.69 bits per heavy atom. The fourth-order valence-electron chi connectivity index (χ4n) is 4.88. The summed E-state index contributed by atoms with van der Waals surface area (Å²) in [4.78, 5) is 38.7. The standard InChI is InChI=1S/C23H24N6O5S/c1-13-8-14(2)11-27(10-13)16-5-4-15(9-18(16)29(32)33)22(31)34-12-19-24-25-23-26(3)21(30)20-17(28(19)23)6-7-35-20/h4-7,9,13-14H,8,10-12H2,1-3H3. The summed E-state index contributed by atoms with van der Waals surface area (Å²) < 4.78 is 9.05. The number of carbonyl (C=O) groups excluding carboxylic acids is 1. The van der Waals surface area contributed by atoms with Gasteiger partial charge in [0, 0.05) is 26.2 Å². The molecule has 35 heavy (non-hydrogen) atoms. The first-order chi connectivity index (χ1) is 16.7. The summed E-state index contributed by atoms with van der Waals surface area (Å²) in [5.74, 6) is 0.820. The molecule has 0 bridgehead atoms. The van der Waals surface area contributed by atoms with Crippen LogP contribution in [0.4, 0.5) is 11.4 Å². The molecule has 12 heteroatoms. The molecule has 182 valence electrons. The number of ether oxygens (including phenoxy) is 1. The van der Waals surface area contributed by atoms with Gasteiger partial charge in [-0.15, -0.1) is 21.5 Å². The number of rotatable bonds is 5. The molecular weight excluding hydrogens is 472 g/mol. The highest BCUT2D eigenvalue weighted by Crippen LogP contribution is 2.34. The van der Waals surface area contributed by atoms with E-state index in [0.717, 1.165) is 19.5 Å². The molecule has 3 aromatic heterocycles. The fourth-order valence-corrected chi connectivity index (χ4v) is 5.73. The van der Waals surface area contributed by atoms with E-state index in [1.807, 2.05) is 4.90 Å². The number of nitro benzene ring substituents is 1. The Balaban J connectivity index is 1.41. The van der Waals surface area contributed by atoms with E-state index in [1.54, 1.807) is 35.0 Å². The van der Waals surface area contributed by atoms with E-state index in [2.05, 4.69) is 24.0 Å². The Hall–Kier alpha value is -3.80. The van der Waals surface area contributed by atoms with E-state index < -0.39 is 10.9 Å². The lowest BCUT2D eigenvalue weighted by atomic mass is 9.91. The van der Waals surface area contributed by atoms with Crippen LogP contribution in [0.25, 0.3) is 16.0 Å². The van der Waals surface area contributed by atoms with Crippen LogP contribution in [0.2, 0.25) is 0 Å². The summed E-state index contributed by atoms with van der Waals surface area (Å²) in [6.45, 7) is 5.52. The van der Waals surface area contributed by atoms with Crippen molar-refractivity contribution in [2.24, 2.45) is 18.9 Å². The van der Waals surface area contributed by atoms with Crippen molar-refractivity contribution in [3.05, 3.63) is 61.5 Å². The molecule has 0 N–H and O–H groups in total. The highest BCUT2D eigenvalue weighted by Gasteiger charge is 2.28. The second kappa shape index (κ2) is 8.77. The molecular formula is C23H24N6O5S. The smallest absolute Gasteiger partial charge is 0.338 e. The average molecular weight is 497 g/mol. The molecule has 0 aliphatic carbocycles. The van der Waals surface area contributed by atoms with Crippen molar-refractivity contribution >= 4 is 44.7 Å². The average Bonchev–Trinajstić information content (AvgIpc) is 3.47. The summed E-state index contributed by atoms with van der Waals surface area (Å²) in [5.41, 5.74) is 0.927. The third-order valence-corrected chi connectivity index (χ3v) is 7.24. The van der Waals surface area contributed by atoms with E-state index in [0.29, 0.717) is 39.3 Å². The van der Waals surface area contributed by atoms with Gasteiger partial charge in [0.05, 0.1) is 16.0 Å². The SMILES string of the molecule is CC1CC(C)CN(c2ccc(C(=O)OCc3nnc4n(C)c(=O)c5sccc5n34)cc2[N+](=O)[O-])C1. The van der Waals surface area contributed by atoms with Crippen LogP contribution >= 0.6 is 11.3 Å². The van der Waals surface area contributed by atoms with Crippen molar-refractivity contribution in [1.29, 1.82) is 0 Å². The Morgan fingerprint density at radius 1 is 1.23 bits per heavy atom. The van der Waals surface area contributed by atoms with Crippen molar-refractivity contribution < 1.29 is 14.5 Å². The van der Waals surface area contributed by atoms with Crippen LogP contribution in [0.15, 0.2) is 34.4 Å². The molecule has 2 unspecified atom stereocenters. The lowest BCUT2D eigenvalue weighted by molar-refractivity contribution is -0.384. The van der Waals surface area contributed by atoms with Crippen LogP contribution in [0.1, 0.15) is 36.5 Å². The normalized spacial score (nSPS) is 18.3. The maximum Gasteiger partial charge on any atom is 0.338 e. The number of nitrogens with zero attached hydrogens (tertiary/aromatic N) is 6. The fraction of sp³-hybridized carbons (Fsp3) is 0.391. The van der Waals surface area contributed by atoms with Gasteiger partial charge in [0.25, 0.3) is 11.2 Å². The van der Waals surface area contributed by atoms with Crippen molar-refractivity contribution in [1.82, 2.24) is 19.2 Å². The van der Waals surface area contributed by atoms with Crippen LogP contribution in [0, 0.1) is 22.0 Å². The molecule has 1 fully saturated rings. The molecule has 4 aromatic rings. The maximum absolute atomic E-state index is 12.8. The number of aryl methyl sites for hydroxylation is 1. The zero-order chi connectivity index (χ0) is 24.9. The minimum absolute atomic E-state index is 0.0838. The van der Waals surface area contributed by atoms with Gasteiger partial charge in [-0.05, 0) is 41.8 Å². The third kappa shape index (κ3) is 4.03. The van der Waals surface area contributed by atoms with Crippen molar-refractivity contribution in [2.75, 3.05) is 18.0 Å². The zero-order valence-electron chi connectivity index (χ0n) is 19.5. The van der Waals surface area contributed by atoms with Gasteiger partial charge in [-0.25, -0.2) is 4.79 Å². The van der Waals surface area contributed by atoms with Crippen molar-refractivity contribution in [2.45, 2.75) is 26.9 Å². The first-order valence-corrected chi connectivity index (χ1v) is 12.1. The summed E-state index contributed by atoms with van der Waals surface area (Å²) in [6, 6.07) is 6.23. The lowest BCUT2D eigenvalue weighted by Gasteiger charge is -2.36. The van der Waals surface area contributed by atoms with Crippen LogP contribution in [0.5, 0.6) is 0 Å². The van der Waals surface area contributed by atoms with E-state index in [9.17, 15) is 19.7 Å². The molecule has 2 atom stereocenters. The van der Waals surface area contributed by atoms with Gasteiger partial charge in [-0.1, -0.05) is 13.8 Å². The molecule has 0 saturated carbocycles. The highest BCUT2D eigenvalue weighted by molar-refractivity contribution is 7.17. The molecule has 11 nitrogen and oxygen atoms in total. The van der Waals surface area contributed by atoms with Gasteiger partial charge >= 0.3 is 5.97 Å². The second-order valence-corrected chi connectivity index (χ2v) is 10.1. The number of esters is 1. The van der Waals surface area contributed by atoms with Gasteiger partial charge in [0.15, 0.2) is 12.4 Å². The first-order valence-electron chi connectivity index (χ1n) is 11.2. The Kier molecular flexibility index (Phi) is 5.75. The van der Waals surface area contributed by atoms with Crippen LogP contribution in [0.3, 0.4) is 0 Å². The summed E-state index contributed by atoms with van der Waals surface area (Å²) in [6.07, 6.45) is 1.08. The molecule has 4 heterocycles. The Morgan fingerprint density at radius 2 is 1.97 bits per heavy atom. The number of anilines is 1. The van der Waals surface area contributed by atoms with Gasteiger partial charge < -0.3 is 9.64 Å². The molecule has 0 radical (unpaired) electrons. The Bertz CT molecular complexity index is 1510. The van der Waals surface area contributed by atoms with Gasteiger partial charge in [-0.3, -0.25) is 23.9 Å². The molecule has 5 rings (SSSR count). The van der Waals surface area contributed by atoms with E-state index in [4.69, 9.17) is 4.74 Å². The number of nitro groups is 1. The predicted molar refractivity (Wildman–Crippen MR) is 131 cm³/mol. The maximum atomic E-state index is 12.8. The van der Waals surface area contributed by atoms with E-state index >= 15 is 0 Å². The van der Waals surface area contributed by atoms with Gasteiger partial charge in [0.2, 0.25) is 5.78 Å². The van der Waals surface area contributed by atoms with Gasteiger partial charge in [-0.2, -0.15) is 0 Å². The molecule has 1 aliphatic rings. The summed E-state index contributed by atoms with van der Waals surface area (Å²) in [5, 5.41) is 21.8. The quantitative estimate of drug-likeness (QED) is 0.234. The highest BCUT2D eigenvalue weighted by atomic mass is 32.1. The molecule has 1 aliphatic heterocycles. The van der Waals surface area contributed by atoms with Crippen LogP contribution in [-0.4, -0.2) is 43.1 Å². The molecule has 1 saturated heterocycles. The minimum atomic E-state index is -0.705. The zero-order valence-corrected chi connectivity index (χ0v) is 20.3. The lowest BCUT2D eigenvalue weighted by Crippen LogP contribution is -2.39. The van der Waals surface area contributed by atoms with Gasteiger partial charge in [0.1, 0.15) is 10.4 Å². The van der Waals surface area contributed by atoms with Crippen molar-refractivity contribution in [3.63, 3.8) is 0 Å². The summed E-state index contributed by atoms with van der Waals surface area (Å²) >= 11 is 1.31. The van der Waals surface area contributed by atoms with Crippen LogP contribution < -0.4 is 10.5 Å².